The second-order valence-corrected chi connectivity index (χ2v) is 9.59. The predicted molar refractivity (Wildman–Crippen MR) is 109 cm³/mol. The van der Waals surface area contributed by atoms with E-state index in [4.69, 9.17) is 18.7 Å². The van der Waals surface area contributed by atoms with Crippen LogP contribution in [0.2, 0.25) is 0 Å². The van der Waals surface area contributed by atoms with Gasteiger partial charge in [-0.15, -0.1) is 0 Å². The molecule has 10 nitrogen and oxygen atoms in total. The number of nitrogens with zero attached hydrogens (tertiary/aromatic N) is 3. The van der Waals surface area contributed by atoms with E-state index in [1.165, 1.54) is 4.31 Å². The van der Waals surface area contributed by atoms with Crippen molar-refractivity contribution in [2.24, 2.45) is 0 Å². The Morgan fingerprint density at radius 3 is 2.61 bits per heavy atom. The summed E-state index contributed by atoms with van der Waals surface area (Å²) in [5.41, 5.74) is 1.31. The number of fused-ring (bicyclic) bond motifs is 1. The summed E-state index contributed by atoms with van der Waals surface area (Å²) in [5.74, 6) is 1.72. The van der Waals surface area contributed by atoms with E-state index in [-0.39, 0.29) is 18.3 Å². The van der Waals surface area contributed by atoms with Crippen molar-refractivity contribution in [2.75, 3.05) is 46.1 Å². The van der Waals surface area contributed by atoms with E-state index in [0.29, 0.717) is 56.5 Å². The monoisotopic (exact) mass is 453 g/mol. The summed E-state index contributed by atoms with van der Waals surface area (Å²) >= 11 is 0. The van der Waals surface area contributed by atoms with Crippen LogP contribution in [-0.4, -0.2) is 80.1 Å². The molecule has 0 saturated carbocycles. The van der Waals surface area contributed by atoms with Crippen LogP contribution in [-0.2, 0) is 21.4 Å². The van der Waals surface area contributed by atoms with Gasteiger partial charge >= 0.3 is 0 Å². The zero-order valence-corrected chi connectivity index (χ0v) is 18.4. The Hall–Kier alpha value is -2.18. The average molecular weight is 454 g/mol. The number of hydrogen-bond acceptors (Lipinski definition) is 9. The highest BCUT2D eigenvalue weighted by molar-refractivity contribution is 7.89. The van der Waals surface area contributed by atoms with Crippen molar-refractivity contribution in [1.29, 1.82) is 0 Å². The molecule has 2 aromatic rings. The van der Waals surface area contributed by atoms with E-state index < -0.39 is 16.1 Å². The van der Waals surface area contributed by atoms with Gasteiger partial charge in [-0.3, -0.25) is 4.90 Å². The minimum atomic E-state index is -3.64. The van der Waals surface area contributed by atoms with Gasteiger partial charge in [0.2, 0.25) is 16.8 Å². The highest BCUT2D eigenvalue weighted by Crippen LogP contribution is 2.32. The molecule has 1 atom stereocenters. The number of benzene rings is 1. The molecule has 2 aliphatic heterocycles. The van der Waals surface area contributed by atoms with Crippen LogP contribution in [0.15, 0.2) is 27.6 Å². The van der Waals surface area contributed by atoms with Gasteiger partial charge in [-0.05, 0) is 31.5 Å². The first-order chi connectivity index (χ1) is 14.8. The molecule has 0 spiro atoms. The molecule has 0 radical (unpaired) electrons. The number of β-amino-alcohol motifs (C(OH)–C–C–N with tert-alkyl or cyclic N) is 1. The highest BCUT2D eigenvalue weighted by Gasteiger charge is 2.33. The van der Waals surface area contributed by atoms with Crippen LogP contribution < -0.4 is 9.47 Å². The lowest BCUT2D eigenvalue weighted by atomic mass is 10.2. The van der Waals surface area contributed by atoms with Crippen LogP contribution in [0.4, 0.5) is 0 Å². The zero-order chi connectivity index (χ0) is 22.0. The van der Waals surface area contributed by atoms with Gasteiger partial charge in [-0.1, -0.05) is 11.2 Å². The van der Waals surface area contributed by atoms with E-state index in [9.17, 15) is 13.5 Å². The lowest BCUT2D eigenvalue weighted by molar-refractivity contribution is 0.00536. The molecule has 0 bridgehead atoms. The maximum atomic E-state index is 12.9. The molecule has 3 heterocycles. The van der Waals surface area contributed by atoms with Crippen LogP contribution >= 0.6 is 0 Å². The number of ether oxygens (including phenoxy) is 3. The minimum absolute atomic E-state index is 0.151. The molecule has 1 N–H and O–H groups in total. The Morgan fingerprint density at radius 1 is 1.16 bits per heavy atom. The molecular weight excluding hydrogens is 426 g/mol. The number of aromatic nitrogens is 1. The van der Waals surface area contributed by atoms with E-state index in [2.05, 4.69) is 5.16 Å². The van der Waals surface area contributed by atoms with Crippen molar-refractivity contribution in [1.82, 2.24) is 14.4 Å². The smallest absolute Gasteiger partial charge is 0.248 e. The Morgan fingerprint density at radius 2 is 1.90 bits per heavy atom. The summed E-state index contributed by atoms with van der Waals surface area (Å²) < 4.78 is 48.5. The summed E-state index contributed by atoms with van der Waals surface area (Å²) in [7, 11) is -3.64. The molecule has 170 valence electrons. The number of piperazine rings is 1. The van der Waals surface area contributed by atoms with Gasteiger partial charge in [-0.25, -0.2) is 8.42 Å². The van der Waals surface area contributed by atoms with Crippen LogP contribution in [0.3, 0.4) is 0 Å². The van der Waals surface area contributed by atoms with Crippen LogP contribution in [0.1, 0.15) is 17.0 Å². The molecule has 11 heteroatoms. The normalized spacial score (nSPS) is 18.4. The van der Waals surface area contributed by atoms with Gasteiger partial charge in [0.1, 0.15) is 10.6 Å². The number of hydrogen-bond donors (Lipinski definition) is 1. The predicted octanol–water partition coefficient (Wildman–Crippen LogP) is 0.904. The highest BCUT2D eigenvalue weighted by atomic mass is 32.2. The summed E-state index contributed by atoms with van der Waals surface area (Å²) in [6, 6.07) is 5.61. The largest absolute Gasteiger partial charge is 0.454 e. The molecule has 4 rings (SSSR count). The van der Waals surface area contributed by atoms with Gasteiger partial charge < -0.3 is 23.8 Å². The Kier molecular flexibility index (Phi) is 6.49. The van der Waals surface area contributed by atoms with Gasteiger partial charge in [0.05, 0.1) is 19.3 Å². The molecular formula is C20H27N3O7S. The third kappa shape index (κ3) is 4.85. The third-order valence-electron chi connectivity index (χ3n) is 5.38. The summed E-state index contributed by atoms with van der Waals surface area (Å²) in [4.78, 5) is 2.19. The quantitative estimate of drug-likeness (QED) is 0.623. The second kappa shape index (κ2) is 9.13. The topological polar surface area (TPSA) is 115 Å². The molecule has 0 aliphatic carbocycles. The standard InChI is InChI=1S/C20H27N3O7S/c1-14-20(15(2)30-21-14)31(25,26)23-7-5-22(6-8-23)10-17(24)12-27-11-16-3-4-18-19(9-16)29-13-28-18/h3-4,9,17,24H,5-8,10-13H2,1-2H3. The molecule has 1 unspecified atom stereocenters. The zero-order valence-electron chi connectivity index (χ0n) is 17.6. The first-order valence-corrected chi connectivity index (χ1v) is 11.6. The van der Waals surface area contributed by atoms with Crippen molar-refractivity contribution in [3.05, 3.63) is 35.2 Å². The Labute approximate surface area is 181 Å². The molecule has 1 aromatic heterocycles. The summed E-state index contributed by atoms with van der Waals surface area (Å²) in [6.07, 6.45) is -0.667. The second-order valence-electron chi connectivity index (χ2n) is 7.71. The fourth-order valence-corrected chi connectivity index (χ4v) is 5.53. The summed E-state index contributed by atoms with van der Waals surface area (Å²) in [6.45, 7) is 6.16. The number of aliphatic hydroxyl groups excluding tert-OH is 1. The number of aryl methyl sites for hydroxylation is 2. The van der Waals surface area contributed by atoms with E-state index >= 15 is 0 Å². The molecule has 1 saturated heterocycles. The average Bonchev–Trinajstić information content (AvgIpc) is 3.34. The van der Waals surface area contributed by atoms with Crippen molar-refractivity contribution >= 4 is 10.0 Å². The van der Waals surface area contributed by atoms with Crippen LogP contribution in [0.5, 0.6) is 11.5 Å². The first-order valence-electron chi connectivity index (χ1n) is 10.1. The van der Waals surface area contributed by atoms with E-state index in [1.807, 2.05) is 23.1 Å². The minimum Gasteiger partial charge on any atom is -0.454 e. The van der Waals surface area contributed by atoms with Gasteiger partial charge in [0.15, 0.2) is 17.3 Å². The lowest BCUT2D eigenvalue weighted by Gasteiger charge is -2.34. The Balaban J connectivity index is 1.21. The number of sulfonamides is 1. The van der Waals surface area contributed by atoms with Crippen molar-refractivity contribution < 1.29 is 32.3 Å². The molecule has 2 aliphatic rings. The fourth-order valence-electron chi connectivity index (χ4n) is 3.82. The Bertz CT molecular complexity index is 996. The molecule has 0 amide bonds. The van der Waals surface area contributed by atoms with E-state index in [1.54, 1.807) is 13.8 Å². The van der Waals surface area contributed by atoms with Crippen molar-refractivity contribution in [3.63, 3.8) is 0 Å². The summed E-state index contributed by atoms with van der Waals surface area (Å²) in [5, 5.41) is 14.1. The number of rotatable bonds is 8. The fraction of sp³-hybridized carbons (Fsp3) is 0.550. The number of aliphatic hydroxyl groups is 1. The van der Waals surface area contributed by atoms with Crippen LogP contribution in [0, 0.1) is 13.8 Å². The third-order valence-corrected chi connectivity index (χ3v) is 7.53. The van der Waals surface area contributed by atoms with Crippen molar-refractivity contribution in [3.8, 4) is 11.5 Å². The maximum Gasteiger partial charge on any atom is 0.248 e. The van der Waals surface area contributed by atoms with Crippen LogP contribution in [0.25, 0.3) is 0 Å². The van der Waals surface area contributed by atoms with E-state index in [0.717, 1.165) is 11.3 Å². The van der Waals surface area contributed by atoms with Gasteiger partial charge in [0.25, 0.3) is 0 Å². The van der Waals surface area contributed by atoms with Crippen molar-refractivity contribution in [2.45, 2.75) is 31.5 Å². The maximum absolute atomic E-state index is 12.9. The SMILES string of the molecule is Cc1noc(C)c1S(=O)(=O)N1CCN(CC(O)COCc2ccc3c(c2)OCO3)CC1. The molecule has 1 fully saturated rings. The van der Waals surface area contributed by atoms with Gasteiger partial charge in [-0.2, -0.15) is 4.31 Å². The first kappa shape index (κ1) is 22.0. The molecule has 31 heavy (non-hydrogen) atoms. The lowest BCUT2D eigenvalue weighted by Crippen LogP contribution is -2.50. The molecule has 1 aromatic carbocycles. The van der Waals surface area contributed by atoms with Gasteiger partial charge in [0, 0.05) is 32.7 Å².